The summed E-state index contributed by atoms with van der Waals surface area (Å²) in [5.41, 5.74) is 2.26. The normalized spacial score (nSPS) is 12.0. The molecule has 26 heavy (non-hydrogen) atoms. The number of carbonyl (C=O) groups is 2. The first kappa shape index (κ1) is 18.2. The standard InChI is InChI=1S/C20H18BrNO4/c1-12-16-10-15(21)8-9-17(16)26-19(12)20(24)25-11-18(23)22-13(2)14-6-4-3-5-7-14/h3-10,13H,11H2,1-2H3,(H,22,23). The highest BCUT2D eigenvalue weighted by Gasteiger charge is 2.20. The van der Waals surface area contributed by atoms with E-state index in [0.717, 1.165) is 15.4 Å². The minimum Gasteiger partial charge on any atom is -0.450 e. The van der Waals surface area contributed by atoms with Crippen LogP contribution in [0, 0.1) is 6.92 Å². The second-order valence-corrected chi connectivity index (χ2v) is 6.89. The number of rotatable bonds is 5. The molecule has 0 radical (unpaired) electrons. The third-order valence-corrected chi connectivity index (χ3v) is 4.59. The van der Waals surface area contributed by atoms with Crippen LogP contribution in [-0.2, 0) is 9.53 Å². The monoisotopic (exact) mass is 415 g/mol. The van der Waals surface area contributed by atoms with Crippen LogP contribution in [-0.4, -0.2) is 18.5 Å². The van der Waals surface area contributed by atoms with Gasteiger partial charge in [0.15, 0.2) is 6.61 Å². The Morgan fingerprint density at radius 1 is 1.19 bits per heavy atom. The second-order valence-electron chi connectivity index (χ2n) is 5.97. The summed E-state index contributed by atoms with van der Waals surface area (Å²) in [4.78, 5) is 24.3. The number of carbonyl (C=O) groups excluding carboxylic acids is 2. The molecular weight excluding hydrogens is 398 g/mol. The zero-order valence-electron chi connectivity index (χ0n) is 14.4. The molecule has 1 N–H and O–H groups in total. The number of fused-ring (bicyclic) bond motifs is 1. The van der Waals surface area contributed by atoms with Gasteiger partial charge in [-0.05, 0) is 37.6 Å². The van der Waals surface area contributed by atoms with Gasteiger partial charge in [0.25, 0.3) is 5.91 Å². The highest BCUT2D eigenvalue weighted by Crippen LogP contribution is 2.28. The minimum atomic E-state index is -0.655. The van der Waals surface area contributed by atoms with Gasteiger partial charge in [-0.15, -0.1) is 0 Å². The van der Waals surface area contributed by atoms with E-state index in [1.807, 2.05) is 49.4 Å². The van der Waals surface area contributed by atoms with Crippen molar-refractivity contribution < 1.29 is 18.7 Å². The van der Waals surface area contributed by atoms with Crippen LogP contribution in [0.25, 0.3) is 11.0 Å². The lowest BCUT2D eigenvalue weighted by molar-refractivity contribution is -0.124. The number of halogens is 1. The Labute approximate surface area is 159 Å². The van der Waals surface area contributed by atoms with E-state index < -0.39 is 5.97 Å². The molecule has 0 saturated heterocycles. The van der Waals surface area contributed by atoms with E-state index in [4.69, 9.17) is 9.15 Å². The number of nitrogens with one attached hydrogen (secondary N) is 1. The third-order valence-electron chi connectivity index (χ3n) is 4.10. The van der Waals surface area contributed by atoms with E-state index in [1.54, 1.807) is 13.0 Å². The summed E-state index contributed by atoms with van der Waals surface area (Å²) >= 11 is 3.39. The molecule has 0 bridgehead atoms. The molecule has 0 aliphatic carbocycles. The average molecular weight is 416 g/mol. The van der Waals surface area contributed by atoms with Crippen molar-refractivity contribution in [2.24, 2.45) is 0 Å². The Balaban J connectivity index is 1.62. The molecule has 1 atom stereocenters. The molecular formula is C20H18BrNO4. The Kier molecular flexibility index (Phi) is 5.42. The minimum absolute atomic E-state index is 0.113. The van der Waals surface area contributed by atoms with Crippen LogP contribution in [0.2, 0.25) is 0 Å². The summed E-state index contributed by atoms with van der Waals surface area (Å²) in [6.07, 6.45) is 0. The quantitative estimate of drug-likeness (QED) is 0.621. The lowest BCUT2D eigenvalue weighted by Crippen LogP contribution is -2.31. The molecule has 6 heteroatoms. The average Bonchev–Trinajstić information content (AvgIpc) is 2.97. The van der Waals surface area contributed by atoms with Crippen molar-refractivity contribution in [3.63, 3.8) is 0 Å². The van der Waals surface area contributed by atoms with Crippen molar-refractivity contribution in [1.29, 1.82) is 0 Å². The zero-order valence-corrected chi connectivity index (χ0v) is 16.0. The lowest BCUT2D eigenvalue weighted by atomic mass is 10.1. The first-order chi connectivity index (χ1) is 12.5. The molecule has 5 nitrogen and oxygen atoms in total. The molecule has 1 amide bonds. The molecule has 0 spiro atoms. The van der Waals surface area contributed by atoms with E-state index in [-0.39, 0.29) is 24.3 Å². The van der Waals surface area contributed by atoms with Crippen molar-refractivity contribution in [3.8, 4) is 0 Å². The van der Waals surface area contributed by atoms with Gasteiger partial charge in [0.1, 0.15) is 5.58 Å². The van der Waals surface area contributed by atoms with Crippen molar-refractivity contribution in [1.82, 2.24) is 5.32 Å². The highest BCUT2D eigenvalue weighted by molar-refractivity contribution is 9.10. The number of ether oxygens (including phenoxy) is 1. The van der Waals surface area contributed by atoms with Crippen LogP contribution < -0.4 is 5.32 Å². The van der Waals surface area contributed by atoms with Gasteiger partial charge in [0, 0.05) is 15.4 Å². The van der Waals surface area contributed by atoms with Gasteiger partial charge < -0.3 is 14.5 Å². The highest BCUT2D eigenvalue weighted by atomic mass is 79.9. The lowest BCUT2D eigenvalue weighted by Gasteiger charge is -2.14. The maximum absolute atomic E-state index is 12.3. The molecule has 2 aromatic carbocycles. The Morgan fingerprint density at radius 2 is 1.92 bits per heavy atom. The van der Waals surface area contributed by atoms with Gasteiger partial charge in [-0.3, -0.25) is 4.79 Å². The fourth-order valence-electron chi connectivity index (χ4n) is 2.69. The largest absolute Gasteiger partial charge is 0.450 e. The third kappa shape index (κ3) is 3.96. The van der Waals surface area contributed by atoms with Crippen molar-refractivity contribution in [2.75, 3.05) is 6.61 Å². The summed E-state index contributed by atoms with van der Waals surface area (Å²) in [7, 11) is 0. The van der Waals surface area contributed by atoms with Gasteiger partial charge in [0.2, 0.25) is 5.76 Å². The molecule has 0 saturated carbocycles. The zero-order chi connectivity index (χ0) is 18.7. The number of furan rings is 1. The van der Waals surface area contributed by atoms with Crippen LogP contribution in [0.1, 0.15) is 34.6 Å². The summed E-state index contributed by atoms with van der Waals surface area (Å²) in [6.45, 7) is 3.29. The number of hydrogen-bond acceptors (Lipinski definition) is 4. The van der Waals surface area contributed by atoms with E-state index in [1.165, 1.54) is 0 Å². The number of esters is 1. The maximum atomic E-state index is 12.3. The Bertz CT molecular complexity index is 949. The molecule has 134 valence electrons. The molecule has 0 aliphatic heterocycles. The topological polar surface area (TPSA) is 68.5 Å². The van der Waals surface area contributed by atoms with Crippen LogP contribution in [0.4, 0.5) is 0 Å². The maximum Gasteiger partial charge on any atom is 0.375 e. The van der Waals surface area contributed by atoms with E-state index >= 15 is 0 Å². The van der Waals surface area contributed by atoms with Crippen molar-refractivity contribution in [3.05, 3.63) is 69.9 Å². The van der Waals surface area contributed by atoms with Gasteiger partial charge >= 0.3 is 5.97 Å². The van der Waals surface area contributed by atoms with Crippen LogP contribution in [0.3, 0.4) is 0 Å². The first-order valence-electron chi connectivity index (χ1n) is 8.16. The molecule has 3 rings (SSSR count). The van der Waals surface area contributed by atoms with E-state index in [2.05, 4.69) is 21.2 Å². The predicted octanol–water partition coefficient (Wildman–Crippen LogP) is 4.54. The van der Waals surface area contributed by atoms with Gasteiger partial charge in [0.05, 0.1) is 6.04 Å². The van der Waals surface area contributed by atoms with Crippen molar-refractivity contribution >= 4 is 38.8 Å². The van der Waals surface area contributed by atoms with Crippen LogP contribution >= 0.6 is 15.9 Å². The molecule has 3 aromatic rings. The molecule has 1 aromatic heterocycles. The summed E-state index contributed by atoms with van der Waals surface area (Å²) in [6, 6.07) is 14.9. The molecule has 0 aliphatic rings. The van der Waals surface area contributed by atoms with Crippen LogP contribution in [0.5, 0.6) is 0 Å². The Morgan fingerprint density at radius 3 is 2.65 bits per heavy atom. The first-order valence-corrected chi connectivity index (χ1v) is 8.95. The molecule has 1 heterocycles. The number of hydrogen-bond donors (Lipinski definition) is 1. The number of benzene rings is 2. The smallest absolute Gasteiger partial charge is 0.375 e. The molecule has 0 fully saturated rings. The fourth-order valence-corrected chi connectivity index (χ4v) is 3.05. The van der Waals surface area contributed by atoms with Gasteiger partial charge in [-0.25, -0.2) is 4.79 Å². The second kappa shape index (κ2) is 7.74. The number of amides is 1. The van der Waals surface area contributed by atoms with Gasteiger partial charge in [-0.2, -0.15) is 0 Å². The van der Waals surface area contributed by atoms with Gasteiger partial charge in [-0.1, -0.05) is 46.3 Å². The summed E-state index contributed by atoms with van der Waals surface area (Å²) in [5.74, 6) is -0.912. The van der Waals surface area contributed by atoms with Crippen LogP contribution in [0.15, 0.2) is 57.4 Å². The fraction of sp³-hybridized carbons (Fsp3) is 0.200. The van der Waals surface area contributed by atoms with Crippen molar-refractivity contribution in [2.45, 2.75) is 19.9 Å². The van der Waals surface area contributed by atoms with E-state index in [0.29, 0.717) is 11.1 Å². The SMILES string of the molecule is Cc1c(C(=O)OCC(=O)NC(C)c2ccccc2)oc2ccc(Br)cc12. The molecule has 1 unspecified atom stereocenters. The number of aryl methyl sites for hydroxylation is 1. The van der Waals surface area contributed by atoms with E-state index in [9.17, 15) is 9.59 Å². The Hall–Kier alpha value is -2.60. The summed E-state index contributed by atoms with van der Waals surface area (Å²) < 4.78 is 11.6. The predicted molar refractivity (Wildman–Crippen MR) is 102 cm³/mol. The summed E-state index contributed by atoms with van der Waals surface area (Å²) in [5, 5.41) is 3.63.